The summed E-state index contributed by atoms with van der Waals surface area (Å²) >= 11 is 0. The van der Waals surface area contributed by atoms with E-state index in [0.717, 1.165) is 12.1 Å². The van der Waals surface area contributed by atoms with E-state index in [-0.39, 0.29) is 11.5 Å². The second-order valence-corrected chi connectivity index (χ2v) is 4.85. The lowest BCUT2D eigenvalue weighted by Gasteiger charge is -2.22. The van der Waals surface area contributed by atoms with Crippen LogP contribution in [0.2, 0.25) is 0 Å². The molecule has 0 saturated carbocycles. The molecule has 0 spiro atoms. The minimum atomic E-state index is -0.602. The molecular weight excluding hydrogens is 254 g/mol. The van der Waals surface area contributed by atoms with Crippen LogP contribution in [-0.2, 0) is 11.2 Å². The predicted octanol–water partition coefficient (Wildman–Crippen LogP) is 1.39. The summed E-state index contributed by atoms with van der Waals surface area (Å²) in [6, 6.07) is 10.2. The van der Waals surface area contributed by atoms with E-state index in [0.29, 0.717) is 6.54 Å². The van der Waals surface area contributed by atoms with Crippen LogP contribution in [0.3, 0.4) is 0 Å². The van der Waals surface area contributed by atoms with Crippen LogP contribution in [0.1, 0.15) is 18.5 Å². The zero-order valence-corrected chi connectivity index (χ0v) is 11.2. The van der Waals surface area contributed by atoms with Crippen molar-refractivity contribution in [1.82, 2.24) is 9.78 Å². The van der Waals surface area contributed by atoms with Crippen LogP contribution in [0.15, 0.2) is 47.4 Å². The van der Waals surface area contributed by atoms with Crippen molar-refractivity contribution in [3.8, 4) is 0 Å². The molecule has 0 bridgehead atoms. The van der Waals surface area contributed by atoms with E-state index in [1.54, 1.807) is 17.9 Å². The molecule has 2 heterocycles. The normalized spacial score (nSPS) is 14.9. The molecule has 3 rings (SSSR count). The highest BCUT2D eigenvalue weighted by atomic mass is 16.2. The molecule has 1 aliphatic rings. The van der Waals surface area contributed by atoms with E-state index in [9.17, 15) is 9.59 Å². The third kappa shape index (κ3) is 2.01. The summed E-state index contributed by atoms with van der Waals surface area (Å²) in [5.41, 5.74) is 1.84. The Bertz CT molecular complexity index is 708. The number of anilines is 1. The van der Waals surface area contributed by atoms with Crippen LogP contribution in [0, 0.1) is 0 Å². The first-order chi connectivity index (χ1) is 9.68. The topological polar surface area (TPSA) is 55.2 Å². The summed E-state index contributed by atoms with van der Waals surface area (Å²) in [5.74, 6) is -0.101. The Labute approximate surface area is 116 Å². The van der Waals surface area contributed by atoms with E-state index in [1.165, 1.54) is 22.5 Å². The Morgan fingerprint density at radius 1 is 1.25 bits per heavy atom. The maximum atomic E-state index is 12.6. The van der Waals surface area contributed by atoms with E-state index in [4.69, 9.17) is 0 Å². The number of nitrogens with zero attached hydrogens (tertiary/aromatic N) is 3. The van der Waals surface area contributed by atoms with Crippen molar-refractivity contribution in [3.63, 3.8) is 0 Å². The van der Waals surface area contributed by atoms with Gasteiger partial charge in [-0.15, -0.1) is 0 Å². The zero-order chi connectivity index (χ0) is 14.1. The molecule has 5 nitrogen and oxygen atoms in total. The van der Waals surface area contributed by atoms with Gasteiger partial charge in [-0.3, -0.25) is 9.59 Å². The number of carbonyl (C=O) groups excluding carboxylic acids is 1. The lowest BCUT2D eigenvalue weighted by molar-refractivity contribution is -0.121. The maximum absolute atomic E-state index is 12.6. The number of rotatable bonds is 2. The average molecular weight is 269 g/mol. The number of fused-ring (bicyclic) bond motifs is 1. The first kappa shape index (κ1) is 12.6. The van der Waals surface area contributed by atoms with E-state index in [1.807, 2.05) is 24.3 Å². The van der Waals surface area contributed by atoms with Gasteiger partial charge < -0.3 is 4.90 Å². The molecule has 0 saturated heterocycles. The first-order valence-corrected chi connectivity index (χ1v) is 6.61. The molecule has 1 unspecified atom stereocenters. The van der Waals surface area contributed by atoms with Crippen LogP contribution in [-0.4, -0.2) is 22.2 Å². The number of benzene rings is 1. The highest BCUT2D eigenvalue weighted by molar-refractivity contribution is 5.97. The van der Waals surface area contributed by atoms with E-state index in [2.05, 4.69) is 5.10 Å². The van der Waals surface area contributed by atoms with Crippen LogP contribution in [0.25, 0.3) is 0 Å². The summed E-state index contributed by atoms with van der Waals surface area (Å²) in [4.78, 5) is 26.1. The fraction of sp³-hybridized carbons (Fsp3) is 0.267. The van der Waals surface area contributed by atoms with Gasteiger partial charge in [-0.05, 0) is 31.0 Å². The quantitative estimate of drug-likeness (QED) is 0.828. The Hall–Kier alpha value is -2.43. The number of amides is 1. The van der Waals surface area contributed by atoms with Crippen molar-refractivity contribution < 1.29 is 4.79 Å². The molecule has 1 aliphatic heterocycles. The third-order valence-electron chi connectivity index (χ3n) is 3.62. The molecule has 1 atom stereocenters. The summed E-state index contributed by atoms with van der Waals surface area (Å²) in [6.45, 7) is 2.36. The standard InChI is InChI=1S/C15H15N3O2/c1-11(18-14(19)7-4-9-16-18)15(20)17-10-8-12-5-2-3-6-13(12)17/h2-7,9,11H,8,10H2,1H3. The Morgan fingerprint density at radius 2 is 2.05 bits per heavy atom. The van der Waals surface area contributed by atoms with Gasteiger partial charge in [0, 0.05) is 24.5 Å². The van der Waals surface area contributed by atoms with E-state index >= 15 is 0 Å². The summed E-state index contributed by atoms with van der Waals surface area (Å²) in [6.07, 6.45) is 2.37. The van der Waals surface area contributed by atoms with Gasteiger partial charge in [0.1, 0.15) is 6.04 Å². The maximum Gasteiger partial charge on any atom is 0.267 e. The lowest BCUT2D eigenvalue weighted by atomic mass is 10.2. The Balaban J connectivity index is 1.91. The van der Waals surface area contributed by atoms with Crippen LogP contribution in [0.4, 0.5) is 5.69 Å². The predicted molar refractivity (Wildman–Crippen MR) is 75.7 cm³/mol. The highest BCUT2D eigenvalue weighted by Crippen LogP contribution is 2.29. The monoisotopic (exact) mass is 269 g/mol. The molecule has 0 radical (unpaired) electrons. The van der Waals surface area contributed by atoms with Crippen LogP contribution >= 0.6 is 0 Å². The summed E-state index contributed by atoms with van der Waals surface area (Å²) in [5, 5.41) is 3.98. The van der Waals surface area contributed by atoms with E-state index < -0.39 is 6.04 Å². The molecule has 1 aromatic carbocycles. The Morgan fingerprint density at radius 3 is 2.85 bits per heavy atom. The van der Waals surface area contributed by atoms with Gasteiger partial charge in [-0.25, -0.2) is 4.68 Å². The highest BCUT2D eigenvalue weighted by Gasteiger charge is 2.29. The van der Waals surface area contributed by atoms with Crippen molar-refractivity contribution in [2.75, 3.05) is 11.4 Å². The van der Waals surface area contributed by atoms with Crippen molar-refractivity contribution in [3.05, 3.63) is 58.5 Å². The number of aromatic nitrogens is 2. The van der Waals surface area contributed by atoms with Gasteiger partial charge >= 0.3 is 0 Å². The van der Waals surface area contributed by atoms with Gasteiger partial charge in [0.05, 0.1) is 0 Å². The lowest BCUT2D eigenvalue weighted by Crippen LogP contribution is -2.39. The Kier molecular flexibility index (Phi) is 3.10. The minimum absolute atomic E-state index is 0.101. The fourth-order valence-corrected chi connectivity index (χ4v) is 2.56. The molecule has 102 valence electrons. The number of carbonyl (C=O) groups is 1. The smallest absolute Gasteiger partial charge is 0.267 e. The van der Waals surface area contributed by atoms with Crippen LogP contribution in [0.5, 0.6) is 0 Å². The van der Waals surface area contributed by atoms with Gasteiger partial charge in [0.25, 0.3) is 11.5 Å². The molecule has 0 aliphatic carbocycles. The fourth-order valence-electron chi connectivity index (χ4n) is 2.56. The largest absolute Gasteiger partial charge is 0.310 e. The van der Waals surface area contributed by atoms with Crippen LogP contribution < -0.4 is 10.5 Å². The molecule has 20 heavy (non-hydrogen) atoms. The number of hydrogen-bond donors (Lipinski definition) is 0. The molecule has 0 N–H and O–H groups in total. The second kappa shape index (κ2) is 4.92. The summed E-state index contributed by atoms with van der Waals surface area (Å²) in [7, 11) is 0. The third-order valence-corrected chi connectivity index (χ3v) is 3.62. The number of para-hydroxylation sites is 1. The molecule has 5 heteroatoms. The van der Waals surface area contributed by atoms with Crippen molar-refractivity contribution >= 4 is 11.6 Å². The molecular formula is C15H15N3O2. The second-order valence-electron chi connectivity index (χ2n) is 4.85. The molecule has 1 amide bonds. The first-order valence-electron chi connectivity index (χ1n) is 6.61. The van der Waals surface area contributed by atoms with Gasteiger partial charge in [0.2, 0.25) is 0 Å². The van der Waals surface area contributed by atoms with Gasteiger partial charge in [-0.2, -0.15) is 5.10 Å². The average Bonchev–Trinajstić information content (AvgIpc) is 2.90. The molecule has 1 aromatic heterocycles. The molecule has 0 fully saturated rings. The summed E-state index contributed by atoms with van der Waals surface area (Å²) < 4.78 is 1.23. The zero-order valence-electron chi connectivity index (χ0n) is 11.2. The van der Waals surface area contributed by atoms with Gasteiger partial charge in [0.15, 0.2) is 0 Å². The SMILES string of the molecule is CC(C(=O)N1CCc2ccccc21)n1ncccc1=O. The van der Waals surface area contributed by atoms with Crippen molar-refractivity contribution in [2.45, 2.75) is 19.4 Å². The number of hydrogen-bond acceptors (Lipinski definition) is 3. The van der Waals surface area contributed by atoms with Crippen molar-refractivity contribution in [1.29, 1.82) is 0 Å². The minimum Gasteiger partial charge on any atom is -0.310 e. The van der Waals surface area contributed by atoms with Gasteiger partial charge in [-0.1, -0.05) is 18.2 Å². The van der Waals surface area contributed by atoms with Crippen molar-refractivity contribution in [2.24, 2.45) is 0 Å². The molecule has 2 aromatic rings.